The lowest BCUT2D eigenvalue weighted by atomic mass is 10.1. The van der Waals surface area contributed by atoms with Crippen LogP contribution < -0.4 is 10.2 Å². The molecule has 0 amide bonds. The van der Waals surface area contributed by atoms with Crippen LogP contribution in [0.15, 0.2) is 12.3 Å². The van der Waals surface area contributed by atoms with Gasteiger partial charge in [0.25, 0.3) is 0 Å². The normalized spacial score (nSPS) is 18.8. The molecule has 1 unspecified atom stereocenters. The summed E-state index contributed by atoms with van der Waals surface area (Å²) in [6.45, 7) is 2.63. The van der Waals surface area contributed by atoms with Gasteiger partial charge in [0.2, 0.25) is 0 Å². The third kappa shape index (κ3) is 4.14. The minimum Gasteiger partial charge on any atom is -0.358 e. The van der Waals surface area contributed by atoms with Crippen molar-refractivity contribution >= 4 is 29.8 Å². The van der Waals surface area contributed by atoms with Crippen LogP contribution in [-0.4, -0.2) is 31.7 Å². The molecule has 0 aliphatic carbocycles. The number of hydrogen-bond acceptors (Lipinski definition) is 3. The summed E-state index contributed by atoms with van der Waals surface area (Å²) >= 11 is 5.90. The van der Waals surface area contributed by atoms with Gasteiger partial charge >= 0.3 is 6.18 Å². The van der Waals surface area contributed by atoms with E-state index in [0.29, 0.717) is 11.7 Å². The monoisotopic (exact) mass is 329 g/mol. The molecule has 20 heavy (non-hydrogen) atoms. The first kappa shape index (κ1) is 17.3. The maximum Gasteiger partial charge on any atom is 0.417 e. The number of nitrogens with zero attached hydrogens (tertiary/aromatic N) is 2. The van der Waals surface area contributed by atoms with Crippen LogP contribution in [0.2, 0.25) is 5.02 Å². The Morgan fingerprint density at radius 1 is 1.50 bits per heavy atom. The van der Waals surface area contributed by atoms with Gasteiger partial charge in [0.15, 0.2) is 0 Å². The van der Waals surface area contributed by atoms with Crippen LogP contribution in [0.4, 0.5) is 19.0 Å². The van der Waals surface area contributed by atoms with Crippen LogP contribution in [0.25, 0.3) is 0 Å². The summed E-state index contributed by atoms with van der Waals surface area (Å²) in [5.74, 6) is 0.867. The number of hydrogen-bond donors (Lipinski definition) is 1. The summed E-state index contributed by atoms with van der Waals surface area (Å²) in [6.07, 6.45) is -2.53. The lowest BCUT2D eigenvalue weighted by Crippen LogP contribution is -2.27. The highest BCUT2D eigenvalue weighted by atomic mass is 35.5. The fourth-order valence-corrected chi connectivity index (χ4v) is 2.52. The van der Waals surface area contributed by atoms with E-state index in [4.69, 9.17) is 11.6 Å². The number of aromatic nitrogens is 1. The summed E-state index contributed by atoms with van der Waals surface area (Å²) in [4.78, 5) is 5.65. The summed E-state index contributed by atoms with van der Waals surface area (Å²) < 4.78 is 37.5. The fourth-order valence-electron chi connectivity index (χ4n) is 2.21. The molecule has 1 saturated heterocycles. The number of halogens is 5. The second kappa shape index (κ2) is 6.83. The summed E-state index contributed by atoms with van der Waals surface area (Å²) in [7, 11) is 1.79. The molecule has 1 N–H and O–H groups in total. The lowest BCUT2D eigenvalue weighted by Gasteiger charge is -2.23. The predicted molar refractivity (Wildman–Crippen MR) is 75.7 cm³/mol. The van der Waals surface area contributed by atoms with Gasteiger partial charge in [-0.25, -0.2) is 4.98 Å². The van der Waals surface area contributed by atoms with Crippen molar-refractivity contribution < 1.29 is 13.2 Å². The molecule has 3 nitrogen and oxygen atoms in total. The van der Waals surface area contributed by atoms with Crippen molar-refractivity contribution in [2.24, 2.45) is 5.92 Å². The van der Waals surface area contributed by atoms with Crippen molar-refractivity contribution in [2.75, 3.05) is 31.6 Å². The molecule has 1 aromatic rings. The molecule has 0 bridgehead atoms. The Labute approximate surface area is 126 Å². The molecule has 1 atom stereocenters. The molecule has 1 aromatic heterocycles. The van der Waals surface area contributed by atoms with Crippen LogP contribution in [0.1, 0.15) is 12.0 Å². The highest BCUT2D eigenvalue weighted by molar-refractivity contribution is 6.33. The zero-order chi connectivity index (χ0) is 14.0. The van der Waals surface area contributed by atoms with Gasteiger partial charge in [-0.2, -0.15) is 13.2 Å². The zero-order valence-electron chi connectivity index (χ0n) is 10.9. The molecular weight excluding hydrogens is 314 g/mol. The molecule has 0 saturated carbocycles. The molecular formula is C12H16Cl2F3N3. The first-order chi connectivity index (χ1) is 8.88. The van der Waals surface area contributed by atoms with Crippen LogP contribution >= 0.6 is 24.0 Å². The number of alkyl halides is 3. The van der Waals surface area contributed by atoms with Crippen LogP contribution in [-0.2, 0) is 6.18 Å². The van der Waals surface area contributed by atoms with Crippen LogP contribution in [0.5, 0.6) is 0 Å². The zero-order valence-corrected chi connectivity index (χ0v) is 12.4. The van der Waals surface area contributed by atoms with Crippen molar-refractivity contribution in [2.45, 2.75) is 12.6 Å². The summed E-state index contributed by atoms with van der Waals surface area (Å²) in [5.41, 5.74) is -0.822. The highest BCUT2D eigenvalue weighted by Gasteiger charge is 2.32. The van der Waals surface area contributed by atoms with Crippen molar-refractivity contribution in [3.63, 3.8) is 0 Å². The lowest BCUT2D eigenvalue weighted by molar-refractivity contribution is -0.137. The van der Waals surface area contributed by atoms with E-state index in [-0.39, 0.29) is 17.4 Å². The molecule has 0 radical (unpaired) electrons. The molecule has 1 fully saturated rings. The van der Waals surface area contributed by atoms with Crippen LogP contribution in [0.3, 0.4) is 0 Å². The largest absolute Gasteiger partial charge is 0.417 e. The summed E-state index contributed by atoms with van der Waals surface area (Å²) in [6, 6.07) is 0.924. The third-order valence-corrected chi connectivity index (χ3v) is 3.48. The Kier molecular flexibility index (Phi) is 5.91. The van der Waals surface area contributed by atoms with Gasteiger partial charge in [0.1, 0.15) is 5.82 Å². The minimum atomic E-state index is -4.41. The fraction of sp³-hybridized carbons (Fsp3) is 0.583. The Bertz CT molecular complexity index is 448. The topological polar surface area (TPSA) is 28.2 Å². The average molecular weight is 330 g/mol. The maximum atomic E-state index is 12.5. The van der Waals surface area contributed by atoms with Gasteiger partial charge in [-0.3, -0.25) is 0 Å². The SMILES string of the molecule is CN(CC1CCNC1)c1ncc(C(F)(F)F)cc1Cl.Cl. The first-order valence-electron chi connectivity index (χ1n) is 6.02. The molecule has 114 valence electrons. The highest BCUT2D eigenvalue weighted by Crippen LogP contribution is 2.33. The number of anilines is 1. The third-order valence-electron chi connectivity index (χ3n) is 3.21. The second-order valence-corrected chi connectivity index (χ2v) is 5.17. The summed E-state index contributed by atoms with van der Waals surface area (Å²) in [5, 5.41) is 3.27. The quantitative estimate of drug-likeness (QED) is 0.922. The molecule has 0 aromatic carbocycles. The van der Waals surface area contributed by atoms with E-state index < -0.39 is 11.7 Å². The van der Waals surface area contributed by atoms with E-state index in [9.17, 15) is 13.2 Å². The van der Waals surface area contributed by atoms with Gasteiger partial charge in [-0.1, -0.05) is 11.6 Å². The molecule has 1 aliphatic heterocycles. The van der Waals surface area contributed by atoms with Gasteiger partial charge < -0.3 is 10.2 Å². The van der Waals surface area contributed by atoms with E-state index in [2.05, 4.69) is 10.3 Å². The predicted octanol–water partition coefficient (Wildman–Crippen LogP) is 3.22. The van der Waals surface area contributed by atoms with Gasteiger partial charge in [0, 0.05) is 19.8 Å². The molecule has 1 aliphatic rings. The smallest absolute Gasteiger partial charge is 0.358 e. The van der Waals surface area contributed by atoms with Crippen molar-refractivity contribution in [3.8, 4) is 0 Å². The Morgan fingerprint density at radius 3 is 2.70 bits per heavy atom. The minimum absolute atomic E-state index is 0. The van der Waals surface area contributed by atoms with E-state index >= 15 is 0 Å². The Hall–Kier alpha value is -0.720. The maximum absolute atomic E-state index is 12.5. The number of rotatable bonds is 3. The number of pyridine rings is 1. The Morgan fingerprint density at radius 2 is 2.20 bits per heavy atom. The van der Waals surface area contributed by atoms with Gasteiger partial charge in [-0.05, 0) is 31.5 Å². The van der Waals surface area contributed by atoms with Gasteiger partial charge in [0.05, 0.1) is 10.6 Å². The Balaban J connectivity index is 0.00000200. The second-order valence-electron chi connectivity index (χ2n) is 4.77. The van der Waals surface area contributed by atoms with Crippen molar-refractivity contribution in [3.05, 3.63) is 22.8 Å². The molecule has 8 heteroatoms. The van der Waals surface area contributed by atoms with Crippen LogP contribution in [0, 0.1) is 5.92 Å². The van der Waals surface area contributed by atoms with E-state index in [1.807, 2.05) is 0 Å². The first-order valence-corrected chi connectivity index (χ1v) is 6.40. The van der Waals surface area contributed by atoms with E-state index in [1.165, 1.54) is 0 Å². The van der Waals surface area contributed by atoms with E-state index in [0.717, 1.165) is 38.3 Å². The molecule has 0 spiro atoms. The average Bonchev–Trinajstić information content (AvgIpc) is 2.80. The molecule has 2 rings (SSSR count). The van der Waals surface area contributed by atoms with Crippen molar-refractivity contribution in [1.29, 1.82) is 0 Å². The van der Waals surface area contributed by atoms with E-state index in [1.54, 1.807) is 11.9 Å². The van der Waals surface area contributed by atoms with Crippen molar-refractivity contribution in [1.82, 2.24) is 10.3 Å². The molecule has 2 heterocycles. The number of nitrogens with one attached hydrogen (secondary N) is 1. The standard InChI is InChI=1S/C12H15ClF3N3.ClH/c1-19(7-8-2-3-17-5-8)11-10(13)4-9(6-18-11)12(14,15)16;/h4,6,8,17H,2-3,5,7H2,1H3;1H. The van der Waals surface area contributed by atoms with Gasteiger partial charge in [-0.15, -0.1) is 12.4 Å².